The fraction of sp³-hybridized carbons (Fsp3) is 0.0244. The van der Waals surface area contributed by atoms with Crippen molar-refractivity contribution in [2.75, 3.05) is 9.80 Å². The molecule has 0 unspecified atom stereocenters. The van der Waals surface area contributed by atoms with Crippen molar-refractivity contribution in [1.82, 2.24) is 9.13 Å². The molecule has 608 valence electrons. The minimum absolute atomic E-state index is 0.113. The van der Waals surface area contributed by atoms with Crippen molar-refractivity contribution in [3.8, 4) is 100 Å². The molecular formula is C123H84N4S2. The van der Waals surface area contributed by atoms with Crippen LogP contribution in [0.15, 0.2) is 473 Å². The predicted octanol–water partition coefficient (Wildman–Crippen LogP) is 35.2. The molecule has 1 aliphatic rings. The fourth-order valence-corrected chi connectivity index (χ4v) is 22.6. The first-order valence-electron chi connectivity index (χ1n) is 44.3. The summed E-state index contributed by atoms with van der Waals surface area (Å²) in [6, 6.07) is 173. The van der Waals surface area contributed by atoms with Gasteiger partial charge in [0.25, 0.3) is 0 Å². The average molecular weight is 1680 g/mol. The SMILES string of the molecule is CC1(C)c2ccccc2-c2ccc(N(c3ccc(-c4ccccc4)cc3)c3ccc(-c4cc5c6ccccc6n(-c6ccc(-c7ccccc7)cc6)c5c5c4sc4ccccc45)cc3)cc21.c1ccc(-c2ccc(N(c3ccc(-c4ccccc4)cc3)c3ccc(-c4cc5c6ccccc6n(-c6ccc(-c7ccccc7)cc6)c5c5c4sc4ccccc45)cc3)cc2)cc1. The van der Waals surface area contributed by atoms with E-state index >= 15 is 0 Å². The third-order valence-electron chi connectivity index (χ3n) is 26.4. The molecule has 0 aliphatic heterocycles. The fourth-order valence-electron chi connectivity index (χ4n) is 20.1. The molecule has 4 nitrogen and oxygen atoms in total. The van der Waals surface area contributed by atoms with Gasteiger partial charge in [0.2, 0.25) is 0 Å². The van der Waals surface area contributed by atoms with Gasteiger partial charge in [0.15, 0.2) is 0 Å². The zero-order valence-electron chi connectivity index (χ0n) is 71.1. The molecule has 20 aromatic carbocycles. The topological polar surface area (TPSA) is 16.3 Å². The third kappa shape index (κ3) is 13.4. The summed E-state index contributed by atoms with van der Waals surface area (Å²) in [4.78, 5) is 4.79. The predicted molar refractivity (Wildman–Crippen MR) is 552 cm³/mol. The third-order valence-corrected chi connectivity index (χ3v) is 28.8. The summed E-state index contributed by atoms with van der Waals surface area (Å²) >= 11 is 3.79. The first-order valence-corrected chi connectivity index (χ1v) is 46.0. The summed E-state index contributed by atoms with van der Waals surface area (Å²) in [5, 5.41) is 10.2. The van der Waals surface area contributed by atoms with Crippen molar-refractivity contribution in [3.63, 3.8) is 0 Å². The van der Waals surface area contributed by atoms with Gasteiger partial charge in [-0.05, 0) is 222 Å². The molecule has 129 heavy (non-hydrogen) atoms. The van der Waals surface area contributed by atoms with E-state index in [4.69, 9.17) is 0 Å². The average Bonchev–Trinajstić information content (AvgIpc) is 1.56. The van der Waals surface area contributed by atoms with Crippen LogP contribution >= 0.6 is 22.7 Å². The summed E-state index contributed by atoms with van der Waals surface area (Å²) in [5.41, 5.74) is 36.2. The number of nitrogens with zero attached hydrogens (tertiary/aromatic N) is 4. The summed E-state index contributed by atoms with van der Waals surface area (Å²) in [7, 11) is 0. The van der Waals surface area contributed by atoms with E-state index in [1.54, 1.807) is 0 Å². The van der Waals surface area contributed by atoms with Crippen molar-refractivity contribution in [3.05, 3.63) is 484 Å². The van der Waals surface area contributed by atoms with Crippen LogP contribution in [0, 0.1) is 0 Å². The maximum absolute atomic E-state index is 2.49. The molecule has 0 atom stereocenters. The van der Waals surface area contributed by atoms with Crippen molar-refractivity contribution in [1.29, 1.82) is 0 Å². The Morgan fingerprint density at radius 1 is 0.202 bits per heavy atom. The van der Waals surface area contributed by atoms with Crippen LogP contribution in [0.1, 0.15) is 25.0 Å². The summed E-state index contributed by atoms with van der Waals surface area (Å²) in [6.45, 7) is 4.72. The molecule has 0 amide bonds. The van der Waals surface area contributed by atoms with Gasteiger partial charge < -0.3 is 18.9 Å². The van der Waals surface area contributed by atoms with E-state index < -0.39 is 0 Å². The highest BCUT2D eigenvalue weighted by atomic mass is 32.1. The van der Waals surface area contributed by atoms with E-state index in [-0.39, 0.29) is 5.41 Å². The smallest absolute Gasteiger partial charge is 0.0634 e. The van der Waals surface area contributed by atoms with E-state index in [1.165, 1.54) is 184 Å². The van der Waals surface area contributed by atoms with Gasteiger partial charge in [-0.15, -0.1) is 22.7 Å². The molecule has 0 radical (unpaired) electrons. The molecule has 0 fully saturated rings. The highest BCUT2D eigenvalue weighted by Crippen LogP contribution is 2.54. The zero-order chi connectivity index (χ0) is 85.6. The van der Waals surface area contributed by atoms with E-state index in [9.17, 15) is 0 Å². The molecule has 0 bridgehead atoms. The Labute approximate surface area is 757 Å². The number of hydrogen-bond acceptors (Lipinski definition) is 4. The van der Waals surface area contributed by atoms with E-state index in [0.29, 0.717) is 0 Å². The van der Waals surface area contributed by atoms with Crippen LogP contribution < -0.4 is 9.80 Å². The van der Waals surface area contributed by atoms with Crippen LogP contribution in [0.25, 0.3) is 184 Å². The molecule has 0 N–H and O–H groups in total. The zero-order valence-corrected chi connectivity index (χ0v) is 72.8. The molecule has 4 aromatic heterocycles. The number of anilines is 6. The Hall–Kier alpha value is -16.0. The van der Waals surface area contributed by atoms with Crippen LogP contribution in [-0.4, -0.2) is 9.13 Å². The number of fused-ring (bicyclic) bond motifs is 17. The molecule has 25 rings (SSSR count). The molecule has 0 saturated carbocycles. The van der Waals surface area contributed by atoms with Gasteiger partial charge in [0, 0.05) is 124 Å². The van der Waals surface area contributed by atoms with Crippen LogP contribution in [-0.2, 0) is 5.41 Å². The number of para-hydroxylation sites is 2. The highest BCUT2D eigenvalue weighted by molar-refractivity contribution is 7.27. The maximum Gasteiger partial charge on any atom is 0.0634 e. The van der Waals surface area contributed by atoms with Gasteiger partial charge in [-0.2, -0.15) is 0 Å². The number of benzene rings is 20. The molecular weight excluding hydrogens is 1600 g/mol. The number of hydrogen-bond donors (Lipinski definition) is 0. The van der Waals surface area contributed by atoms with Crippen molar-refractivity contribution in [2.45, 2.75) is 19.3 Å². The Morgan fingerprint density at radius 2 is 0.473 bits per heavy atom. The monoisotopic (exact) mass is 1680 g/mol. The van der Waals surface area contributed by atoms with Gasteiger partial charge >= 0.3 is 0 Å². The molecule has 4 heterocycles. The Kier molecular flexibility index (Phi) is 19.0. The van der Waals surface area contributed by atoms with Gasteiger partial charge in [0.1, 0.15) is 0 Å². The second kappa shape index (κ2) is 31.9. The first kappa shape index (κ1) is 76.7. The second-order valence-corrected chi connectivity index (χ2v) is 36.3. The van der Waals surface area contributed by atoms with E-state index in [2.05, 4.69) is 506 Å². The number of aromatic nitrogens is 2. The molecule has 24 aromatic rings. The minimum atomic E-state index is -0.113. The van der Waals surface area contributed by atoms with Gasteiger partial charge in [0.05, 0.1) is 22.1 Å². The van der Waals surface area contributed by atoms with Crippen LogP contribution in [0.5, 0.6) is 0 Å². The summed E-state index contributed by atoms with van der Waals surface area (Å²) in [5.74, 6) is 0. The quantitative estimate of drug-likeness (QED) is 0.102. The first-order chi connectivity index (χ1) is 63.7. The van der Waals surface area contributed by atoms with E-state index in [0.717, 1.165) is 45.5 Å². The standard InChI is InChI=1S/C63H44N2S.C60H40N2S/c1-63(2)56-22-12-9-19-50(56)51-38-37-49(39-57(51)63)64(46-31-25-43(26-32-46)41-15-5-3-6-16-41)47-35-29-45(30-36-47)54-40-55-52-20-10-13-23-58(52)65(48-33-27-44(28-34-48)42-17-7-4-8-18-42)61(55)60-53-21-11-14-24-59(53)66-62(54)60;1-4-14-41(15-5-1)44-24-32-48(33-25-44)61(49-34-26-45(27-35-49)42-16-6-2-7-17-42)50-38-30-47(31-39-50)54-40-55-52-20-10-12-22-56(52)62(51-36-28-46(29-37-51)43-18-8-3-9-19-43)59(55)58-53-21-11-13-23-57(53)63-60(54)58/h3-40H,1-2H3;1-40H. The van der Waals surface area contributed by atoms with E-state index in [1.807, 2.05) is 22.7 Å². The highest BCUT2D eigenvalue weighted by Gasteiger charge is 2.36. The van der Waals surface area contributed by atoms with Crippen LogP contribution in [0.2, 0.25) is 0 Å². The Balaban J connectivity index is 0.000000143. The molecule has 0 spiro atoms. The van der Waals surface area contributed by atoms with Crippen LogP contribution in [0.3, 0.4) is 0 Å². The largest absolute Gasteiger partial charge is 0.311 e. The minimum Gasteiger partial charge on any atom is -0.311 e. The Morgan fingerprint density at radius 3 is 0.837 bits per heavy atom. The second-order valence-electron chi connectivity index (χ2n) is 34.2. The number of thiophene rings is 2. The van der Waals surface area contributed by atoms with Crippen molar-refractivity contribution < 1.29 is 0 Å². The lowest BCUT2D eigenvalue weighted by molar-refractivity contribution is 0.660. The van der Waals surface area contributed by atoms with Gasteiger partial charge in [-0.1, -0.05) is 354 Å². The maximum atomic E-state index is 2.49. The van der Waals surface area contributed by atoms with Crippen LogP contribution in [0.4, 0.5) is 34.1 Å². The van der Waals surface area contributed by atoms with Gasteiger partial charge in [-0.25, -0.2) is 0 Å². The molecule has 0 saturated heterocycles. The summed E-state index contributed by atoms with van der Waals surface area (Å²) < 4.78 is 10.2. The number of rotatable bonds is 15. The van der Waals surface area contributed by atoms with Crippen molar-refractivity contribution >= 4 is 141 Å². The lowest BCUT2D eigenvalue weighted by Crippen LogP contribution is -2.16. The summed E-state index contributed by atoms with van der Waals surface area (Å²) in [6.07, 6.45) is 0. The molecule has 6 heteroatoms. The lowest BCUT2D eigenvalue weighted by Gasteiger charge is -2.28. The lowest BCUT2D eigenvalue weighted by atomic mass is 9.82. The van der Waals surface area contributed by atoms with Crippen molar-refractivity contribution in [2.24, 2.45) is 0 Å². The molecule has 1 aliphatic carbocycles. The normalized spacial score (nSPS) is 12.2. The van der Waals surface area contributed by atoms with Gasteiger partial charge in [-0.3, -0.25) is 0 Å². The Bertz CT molecular complexity index is 8260.